The molecule has 146 valence electrons. The van der Waals surface area contributed by atoms with Gasteiger partial charge >= 0.3 is 0 Å². The van der Waals surface area contributed by atoms with Crippen molar-refractivity contribution in [2.75, 3.05) is 13.1 Å². The molecule has 0 radical (unpaired) electrons. The third kappa shape index (κ3) is 6.73. The van der Waals surface area contributed by atoms with Crippen LogP contribution in [-0.4, -0.2) is 38.6 Å². The van der Waals surface area contributed by atoms with Gasteiger partial charge in [-0.05, 0) is 43.5 Å². The SMILES string of the molecule is CC=O.I.O=C(c1cccc(S(=O)(=O)Cc2ccccc2)c1)N1CCCC1. The molecule has 5 nitrogen and oxygen atoms in total. The molecule has 1 fully saturated rings. The summed E-state index contributed by atoms with van der Waals surface area (Å²) in [4.78, 5) is 23.2. The molecule has 1 saturated heterocycles. The minimum absolute atomic E-state index is 0. The van der Waals surface area contributed by atoms with Crippen molar-refractivity contribution in [3.8, 4) is 0 Å². The second-order valence-electron chi connectivity index (χ2n) is 6.01. The van der Waals surface area contributed by atoms with Gasteiger partial charge in [0.25, 0.3) is 5.91 Å². The zero-order valence-corrected chi connectivity index (χ0v) is 18.4. The summed E-state index contributed by atoms with van der Waals surface area (Å²) in [6.07, 6.45) is 2.77. The minimum atomic E-state index is -3.46. The molecule has 2 aromatic carbocycles. The lowest BCUT2D eigenvalue weighted by Crippen LogP contribution is -2.27. The van der Waals surface area contributed by atoms with Crippen LogP contribution < -0.4 is 0 Å². The predicted octanol–water partition coefficient (Wildman–Crippen LogP) is 3.72. The van der Waals surface area contributed by atoms with Gasteiger partial charge in [-0.1, -0.05) is 36.4 Å². The normalized spacial score (nSPS) is 13.1. The van der Waals surface area contributed by atoms with E-state index >= 15 is 0 Å². The highest BCUT2D eigenvalue weighted by atomic mass is 127. The number of carbonyl (C=O) groups is 2. The van der Waals surface area contributed by atoms with Crippen molar-refractivity contribution in [3.63, 3.8) is 0 Å². The number of nitrogens with zero attached hydrogens (tertiary/aromatic N) is 1. The summed E-state index contributed by atoms with van der Waals surface area (Å²) in [7, 11) is -3.46. The van der Waals surface area contributed by atoms with Crippen LogP contribution in [0.15, 0.2) is 59.5 Å². The first kappa shape index (κ1) is 23.3. The number of benzene rings is 2. The predicted molar refractivity (Wildman–Crippen MR) is 116 cm³/mol. The maximum atomic E-state index is 12.6. The van der Waals surface area contributed by atoms with E-state index in [1.165, 1.54) is 13.0 Å². The number of aldehydes is 1. The molecule has 3 rings (SSSR count). The van der Waals surface area contributed by atoms with Crippen molar-refractivity contribution in [3.05, 3.63) is 65.7 Å². The Morgan fingerprint density at radius 1 is 1.04 bits per heavy atom. The number of rotatable bonds is 4. The third-order valence-electron chi connectivity index (χ3n) is 4.03. The number of carbonyl (C=O) groups excluding carboxylic acids is 2. The Morgan fingerprint density at radius 2 is 1.63 bits per heavy atom. The van der Waals surface area contributed by atoms with Gasteiger partial charge in [0.05, 0.1) is 10.6 Å². The maximum Gasteiger partial charge on any atom is 0.253 e. The molecule has 0 atom stereocenters. The fourth-order valence-electron chi connectivity index (χ4n) is 2.80. The lowest BCUT2D eigenvalue weighted by Gasteiger charge is -2.15. The number of hydrogen-bond donors (Lipinski definition) is 0. The lowest BCUT2D eigenvalue weighted by molar-refractivity contribution is -0.106. The summed E-state index contributed by atoms with van der Waals surface area (Å²) in [5.74, 6) is -0.144. The number of sulfone groups is 1. The van der Waals surface area contributed by atoms with Crippen LogP contribution in [0, 0.1) is 0 Å². The molecule has 1 aliphatic heterocycles. The quantitative estimate of drug-likeness (QED) is 0.473. The van der Waals surface area contributed by atoms with Gasteiger partial charge in [-0.15, -0.1) is 24.0 Å². The molecule has 27 heavy (non-hydrogen) atoms. The van der Waals surface area contributed by atoms with Gasteiger partial charge in [0.2, 0.25) is 0 Å². The van der Waals surface area contributed by atoms with Crippen LogP contribution >= 0.6 is 24.0 Å². The molecule has 7 heteroatoms. The van der Waals surface area contributed by atoms with Crippen molar-refractivity contribution >= 4 is 46.0 Å². The van der Waals surface area contributed by atoms with E-state index in [0.29, 0.717) is 5.56 Å². The van der Waals surface area contributed by atoms with E-state index in [4.69, 9.17) is 4.79 Å². The number of hydrogen-bond acceptors (Lipinski definition) is 4. The monoisotopic (exact) mass is 501 g/mol. The molecule has 0 unspecified atom stereocenters. The standard InChI is InChI=1S/C18H19NO3S.C2H4O.HI/c20-18(19-11-4-5-12-19)16-9-6-10-17(13-16)23(21,22)14-15-7-2-1-3-8-15;1-2-3;/h1-3,6-10,13H,4-5,11-12,14H2;2H,1H3;1H. The summed E-state index contributed by atoms with van der Waals surface area (Å²) in [6, 6.07) is 15.4. The number of likely N-dealkylation sites (tertiary alicyclic amines) is 1. The van der Waals surface area contributed by atoms with Crippen molar-refractivity contribution in [2.45, 2.75) is 30.4 Å². The van der Waals surface area contributed by atoms with Gasteiger partial charge in [-0.2, -0.15) is 0 Å². The first-order chi connectivity index (χ1) is 12.5. The number of amides is 1. The summed E-state index contributed by atoms with van der Waals surface area (Å²) in [6.45, 7) is 2.94. The summed E-state index contributed by atoms with van der Waals surface area (Å²) in [5, 5.41) is 0. The molecule has 0 N–H and O–H groups in total. The van der Waals surface area contributed by atoms with Crippen molar-refractivity contribution in [1.82, 2.24) is 4.90 Å². The van der Waals surface area contributed by atoms with Crippen LogP contribution in [-0.2, 0) is 20.4 Å². The Labute approximate surface area is 177 Å². The summed E-state index contributed by atoms with van der Waals surface area (Å²) in [5.41, 5.74) is 1.19. The Balaban J connectivity index is 0.000000855. The number of halogens is 1. The van der Waals surface area contributed by atoms with Crippen LogP contribution in [0.25, 0.3) is 0 Å². The molecule has 1 aliphatic rings. The van der Waals surface area contributed by atoms with E-state index in [1.54, 1.807) is 35.2 Å². The Kier molecular flexibility index (Phi) is 9.65. The van der Waals surface area contributed by atoms with Crippen LogP contribution in [0.2, 0.25) is 0 Å². The van der Waals surface area contributed by atoms with Crippen LogP contribution in [0.5, 0.6) is 0 Å². The molecular formula is C20H24INO4S. The van der Waals surface area contributed by atoms with Gasteiger partial charge < -0.3 is 9.69 Å². The van der Waals surface area contributed by atoms with Crippen molar-refractivity contribution in [2.24, 2.45) is 0 Å². The van der Waals surface area contributed by atoms with Gasteiger partial charge in [-0.3, -0.25) is 4.79 Å². The molecule has 2 aromatic rings. The molecule has 0 aliphatic carbocycles. The molecule has 1 heterocycles. The highest BCUT2D eigenvalue weighted by Gasteiger charge is 2.22. The minimum Gasteiger partial charge on any atom is -0.339 e. The Bertz CT molecular complexity index is 847. The fraction of sp³-hybridized carbons (Fsp3) is 0.300. The molecule has 0 bridgehead atoms. The topological polar surface area (TPSA) is 71.5 Å². The molecule has 0 aromatic heterocycles. The Morgan fingerprint density at radius 3 is 2.22 bits per heavy atom. The Hall–Kier alpha value is -1.74. The molecule has 0 spiro atoms. The first-order valence-electron chi connectivity index (χ1n) is 8.53. The zero-order chi connectivity index (χ0) is 19.0. The van der Waals surface area contributed by atoms with Crippen LogP contribution in [0.4, 0.5) is 0 Å². The molecule has 1 amide bonds. The van der Waals surface area contributed by atoms with E-state index in [1.807, 2.05) is 18.2 Å². The highest BCUT2D eigenvalue weighted by molar-refractivity contribution is 14.0. The van der Waals surface area contributed by atoms with E-state index in [-0.39, 0.29) is 40.5 Å². The molecular weight excluding hydrogens is 477 g/mol. The van der Waals surface area contributed by atoms with Gasteiger partial charge in [0, 0.05) is 18.7 Å². The van der Waals surface area contributed by atoms with Crippen molar-refractivity contribution < 1.29 is 18.0 Å². The van der Waals surface area contributed by atoms with E-state index in [9.17, 15) is 13.2 Å². The van der Waals surface area contributed by atoms with E-state index < -0.39 is 9.84 Å². The maximum absolute atomic E-state index is 12.6. The molecule has 0 saturated carbocycles. The second kappa shape index (κ2) is 11.2. The van der Waals surface area contributed by atoms with Crippen LogP contribution in [0.3, 0.4) is 0 Å². The second-order valence-corrected chi connectivity index (χ2v) is 8.00. The smallest absolute Gasteiger partial charge is 0.253 e. The summed E-state index contributed by atoms with van der Waals surface area (Å²) < 4.78 is 25.1. The first-order valence-corrected chi connectivity index (χ1v) is 10.2. The van der Waals surface area contributed by atoms with Gasteiger partial charge in [0.1, 0.15) is 6.29 Å². The van der Waals surface area contributed by atoms with Crippen molar-refractivity contribution in [1.29, 1.82) is 0 Å². The van der Waals surface area contributed by atoms with Gasteiger partial charge in [0.15, 0.2) is 9.84 Å². The lowest BCUT2D eigenvalue weighted by atomic mass is 10.2. The highest BCUT2D eigenvalue weighted by Crippen LogP contribution is 2.20. The third-order valence-corrected chi connectivity index (χ3v) is 5.72. The van der Waals surface area contributed by atoms with E-state index in [0.717, 1.165) is 37.8 Å². The average Bonchev–Trinajstić information content (AvgIpc) is 3.17. The summed E-state index contributed by atoms with van der Waals surface area (Å²) >= 11 is 0. The average molecular weight is 501 g/mol. The van der Waals surface area contributed by atoms with E-state index in [2.05, 4.69) is 0 Å². The van der Waals surface area contributed by atoms with Gasteiger partial charge in [-0.25, -0.2) is 8.42 Å². The zero-order valence-electron chi connectivity index (χ0n) is 15.2. The fourth-order valence-corrected chi connectivity index (χ4v) is 4.19. The van der Waals surface area contributed by atoms with Crippen LogP contribution in [0.1, 0.15) is 35.7 Å². The largest absolute Gasteiger partial charge is 0.339 e.